The number of carbonyl (C=O) groups is 3. The molecule has 1 aromatic heterocycles. The fourth-order valence-corrected chi connectivity index (χ4v) is 2.08. The predicted octanol–water partition coefficient (Wildman–Crippen LogP) is 0.734. The zero-order valence-electron chi connectivity index (χ0n) is 10.4. The van der Waals surface area contributed by atoms with Gasteiger partial charge in [-0.25, -0.2) is 14.4 Å². The number of urea groups is 1. The first-order valence-electron chi connectivity index (χ1n) is 5.36. The lowest BCUT2D eigenvalue weighted by molar-refractivity contribution is -0.142. The zero-order chi connectivity index (χ0) is 14.4. The van der Waals surface area contributed by atoms with Crippen molar-refractivity contribution in [2.24, 2.45) is 0 Å². The first kappa shape index (κ1) is 15.0. The van der Waals surface area contributed by atoms with Gasteiger partial charge in [0.15, 0.2) is 6.04 Å². The van der Waals surface area contributed by atoms with E-state index in [-0.39, 0.29) is 0 Å². The SMILES string of the molecule is COC(=O)C(C)NC(=O)NC(C(=O)O)c1cccs1. The fraction of sp³-hybridized carbons (Fsp3) is 0.364. The van der Waals surface area contributed by atoms with E-state index in [1.54, 1.807) is 17.5 Å². The van der Waals surface area contributed by atoms with Crippen LogP contribution in [0.5, 0.6) is 0 Å². The molecule has 0 radical (unpaired) electrons. The Kier molecular flexibility index (Phi) is 5.31. The summed E-state index contributed by atoms with van der Waals surface area (Å²) >= 11 is 1.22. The van der Waals surface area contributed by atoms with Gasteiger partial charge >= 0.3 is 18.0 Å². The minimum atomic E-state index is -1.18. The van der Waals surface area contributed by atoms with Crippen molar-refractivity contribution in [3.05, 3.63) is 22.4 Å². The molecular formula is C11H14N2O5S. The second kappa shape index (κ2) is 6.74. The second-order valence-electron chi connectivity index (χ2n) is 3.65. The molecule has 0 fully saturated rings. The molecule has 2 unspecified atom stereocenters. The van der Waals surface area contributed by atoms with Crippen molar-refractivity contribution in [3.63, 3.8) is 0 Å². The predicted molar refractivity (Wildman–Crippen MR) is 67.8 cm³/mol. The lowest BCUT2D eigenvalue weighted by Crippen LogP contribution is -2.47. The van der Waals surface area contributed by atoms with Gasteiger partial charge in [-0.1, -0.05) is 6.07 Å². The molecule has 0 aliphatic heterocycles. The van der Waals surface area contributed by atoms with Gasteiger partial charge in [0.25, 0.3) is 0 Å². The van der Waals surface area contributed by atoms with Gasteiger partial charge in [0.05, 0.1) is 7.11 Å². The average molecular weight is 286 g/mol. The Morgan fingerprint density at radius 1 is 1.37 bits per heavy atom. The molecule has 1 aromatic rings. The van der Waals surface area contributed by atoms with Gasteiger partial charge < -0.3 is 20.5 Å². The lowest BCUT2D eigenvalue weighted by Gasteiger charge is -2.16. The number of carboxylic acid groups (broad SMARTS) is 1. The summed E-state index contributed by atoms with van der Waals surface area (Å²) in [7, 11) is 1.20. The quantitative estimate of drug-likeness (QED) is 0.692. The molecule has 1 heterocycles. The maximum Gasteiger partial charge on any atom is 0.331 e. The first-order chi connectivity index (χ1) is 8.95. The van der Waals surface area contributed by atoms with E-state index in [0.717, 1.165) is 0 Å². The third-order valence-electron chi connectivity index (χ3n) is 2.25. The molecule has 0 aromatic carbocycles. The van der Waals surface area contributed by atoms with Crippen LogP contribution < -0.4 is 10.6 Å². The number of ether oxygens (including phenoxy) is 1. The van der Waals surface area contributed by atoms with Gasteiger partial charge in [0.2, 0.25) is 0 Å². The summed E-state index contributed by atoms with van der Waals surface area (Å²) in [6.07, 6.45) is 0. The molecule has 8 heteroatoms. The Bertz CT molecular complexity index is 460. The van der Waals surface area contributed by atoms with Gasteiger partial charge in [-0.2, -0.15) is 0 Å². The van der Waals surface area contributed by atoms with Crippen molar-refractivity contribution in [3.8, 4) is 0 Å². The minimum Gasteiger partial charge on any atom is -0.479 e. The molecule has 0 aliphatic rings. The molecular weight excluding hydrogens is 272 g/mol. The summed E-state index contributed by atoms with van der Waals surface area (Å²) in [6.45, 7) is 1.44. The van der Waals surface area contributed by atoms with Crippen LogP contribution in [-0.4, -0.2) is 36.2 Å². The Morgan fingerprint density at radius 2 is 2.05 bits per heavy atom. The third-order valence-corrected chi connectivity index (χ3v) is 3.19. The number of esters is 1. The number of carboxylic acids is 1. The van der Waals surface area contributed by atoms with Crippen molar-refractivity contribution >= 4 is 29.3 Å². The van der Waals surface area contributed by atoms with E-state index in [0.29, 0.717) is 4.88 Å². The number of aliphatic carboxylic acids is 1. The standard InChI is InChI=1S/C11H14N2O5S/c1-6(10(16)18-2)12-11(17)13-8(9(14)15)7-4-3-5-19-7/h3-6,8H,1-2H3,(H,14,15)(H2,12,13,17). The van der Waals surface area contributed by atoms with Crippen molar-refractivity contribution in [1.29, 1.82) is 0 Å². The molecule has 1 rings (SSSR count). The number of thiophene rings is 1. The van der Waals surface area contributed by atoms with E-state index in [4.69, 9.17) is 5.11 Å². The monoisotopic (exact) mass is 286 g/mol. The van der Waals surface area contributed by atoms with Crippen LogP contribution in [0.1, 0.15) is 17.8 Å². The molecule has 0 aliphatic carbocycles. The summed E-state index contributed by atoms with van der Waals surface area (Å²) < 4.78 is 4.44. The van der Waals surface area contributed by atoms with Crippen LogP contribution in [0.3, 0.4) is 0 Å². The molecule has 0 bridgehead atoms. The zero-order valence-corrected chi connectivity index (χ0v) is 11.2. The maximum absolute atomic E-state index is 11.6. The Balaban J connectivity index is 2.63. The normalized spacial score (nSPS) is 13.2. The van der Waals surface area contributed by atoms with Gasteiger partial charge in [0.1, 0.15) is 6.04 Å². The molecule has 7 nitrogen and oxygen atoms in total. The highest BCUT2D eigenvalue weighted by Crippen LogP contribution is 2.18. The van der Waals surface area contributed by atoms with Crippen LogP contribution in [0, 0.1) is 0 Å². The smallest absolute Gasteiger partial charge is 0.331 e. The number of rotatable bonds is 5. The van der Waals surface area contributed by atoms with E-state index in [1.807, 2.05) is 0 Å². The molecule has 2 atom stereocenters. The van der Waals surface area contributed by atoms with Crippen LogP contribution in [-0.2, 0) is 14.3 Å². The van der Waals surface area contributed by atoms with Crippen molar-refractivity contribution in [2.45, 2.75) is 19.0 Å². The van der Waals surface area contributed by atoms with Crippen LogP contribution >= 0.6 is 11.3 Å². The summed E-state index contributed by atoms with van der Waals surface area (Å²) in [5.74, 6) is -1.79. The minimum absolute atomic E-state index is 0.494. The summed E-state index contributed by atoms with van der Waals surface area (Å²) in [5, 5.41) is 15.3. The van der Waals surface area contributed by atoms with Crippen LogP contribution in [0.15, 0.2) is 17.5 Å². The highest BCUT2D eigenvalue weighted by molar-refractivity contribution is 7.10. The molecule has 104 valence electrons. The van der Waals surface area contributed by atoms with E-state index in [1.165, 1.54) is 25.4 Å². The van der Waals surface area contributed by atoms with Crippen LogP contribution in [0.25, 0.3) is 0 Å². The topological polar surface area (TPSA) is 105 Å². The molecule has 19 heavy (non-hydrogen) atoms. The molecule has 0 saturated carbocycles. The summed E-state index contributed by atoms with van der Waals surface area (Å²) in [6, 6.07) is 0.534. The van der Waals surface area contributed by atoms with E-state index in [9.17, 15) is 14.4 Å². The largest absolute Gasteiger partial charge is 0.479 e. The molecule has 0 spiro atoms. The number of nitrogens with one attached hydrogen (secondary N) is 2. The van der Waals surface area contributed by atoms with Crippen LogP contribution in [0.2, 0.25) is 0 Å². The van der Waals surface area contributed by atoms with Crippen molar-refractivity contribution < 1.29 is 24.2 Å². The fourth-order valence-electron chi connectivity index (χ4n) is 1.32. The third kappa shape index (κ3) is 4.25. The lowest BCUT2D eigenvalue weighted by atomic mass is 10.2. The van der Waals surface area contributed by atoms with Gasteiger partial charge in [-0.05, 0) is 18.4 Å². The average Bonchev–Trinajstić information content (AvgIpc) is 2.87. The van der Waals surface area contributed by atoms with Crippen molar-refractivity contribution in [1.82, 2.24) is 10.6 Å². The second-order valence-corrected chi connectivity index (χ2v) is 4.63. The highest BCUT2D eigenvalue weighted by atomic mass is 32.1. The van der Waals surface area contributed by atoms with Gasteiger partial charge in [-0.15, -0.1) is 11.3 Å². The summed E-state index contributed by atoms with van der Waals surface area (Å²) in [5.41, 5.74) is 0. The maximum atomic E-state index is 11.6. The highest BCUT2D eigenvalue weighted by Gasteiger charge is 2.24. The van der Waals surface area contributed by atoms with Crippen molar-refractivity contribution in [2.75, 3.05) is 7.11 Å². The number of hydrogen-bond acceptors (Lipinski definition) is 5. The molecule has 0 saturated heterocycles. The Morgan fingerprint density at radius 3 is 2.53 bits per heavy atom. The van der Waals surface area contributed by atoms with Crippen LogP contribution in [0.4, 0.5) is 4.79 Å². The number of amides is 2. The van der Waals surface area contributed by atoms with E-state index in [2.05, 4.69) is 15.4 Å². The van der Waals surface area contributed by atoms with E-state index < -0.39 is 30.1 Å². The number of hydrogen-bond donors (Lipinski definition) is 3. The van der Waals surface area contributed by atoms with Gasteiger partial charge in [0, 0.05) is 4.88 Å². The molecule has 2 amide bonds. The summed E-state index contributed by atoms with van der Waals surface area (Å²) in [4.78, 5) is 34.3. The van der Waals surface area contributed by atoms with Gasteiger partial charge in [-0.3, -0.25) is 0 Å². The number of methoxy groups -OCH3 is 1. The first-order valence-corrected chi connectivity index (χ1v) is 6.24. The van der Waals surface area contributed by atoms with E-state index >= 15 is 0 Å². The number of carbonyl (C=O) groups excluding carboxylic acids is 2. The Hall–Kier alpha value is -2.09. The molecule has 3 N–H and O–H groups in total. The Labute approximate surface area is 113 Å².